The van der Waals surface area contributed by atoms with Gasteiger partial charge in [0.15, 0.2) is 0 Å². The van der Waals surface area contributed by atoms with Crippen LogP contribution in [0.25, 0.3) is 0 Å². The van der Waals surface area contributed by atoms with E-state index in [1.165, 1.54) is 29.3 Å². The summed E-state index contributed by atoms with van der Waals surface area (Å²) in [4.78, 5) is 5.63. The van der Waals surface area contributed by atoms with E-state index in [1.54, 1.807) is 0 Å². The first-order valence-corrected chi connectivity index (χ1v) is 8.85. The second-order valence-corrected chi connectivity index (χ2v) is 8.29. The summed E-state index contributed by atoms with van der Waals surface area (Å²) in [5.74, 6) is 2.43. The summed E-state index contributed by atoms with van der Waals surface area (Å²) < 4.78 is 0. The number of piperidine rings is 1. The zero-order valence-corrected chi connectivity index (χ0v) is 14.3. The second kappa shape index (κ2) is 7.58. The van der Waals surface area contributed by atoms with Crippen molar-refractivity contribution in [1.29, 1.82) is 0 Å². The van der Waals surface area contributed by atoms with Crippen LogP contribution in [-0.2, 0) is 13.1 Å². The third-order valence-corrected chi connectivity index (χ3v) is 4.96. The van der Waals surface area contributed by atoms with Crippen LogP contribution >= 0.6 is 11.3 Å². The summed E-state index contributed by atoms with van der Waals surface area (Å²) in [5.41, 5.74) is 0. The van der Waals surface area contributed by atoms with Crippen LogP contribution in [0.3, 0.4) is 0 Å². The summed E-state index contributed by atoms with van der Waals surface area (Å²) in [5, 5.41) is 3.53. The third-order valence-electron chi connectivity index (χ3n) is 3.89. The molecule has 2 atom stereocenters. The van der Waals surface area contributed by atoms with Gasteiger partial charge in [0.05, 0.1) is 0 Å². The molecular weight excluding hydrogens is 264 g/mol. The van der Waals surface area contributed by atoms with Crippen molar-refractivity contribution in [2.75, 3.05) is 19.6 Å². The molecule has 2 heterocycles. The van der Waals surface area contributed by atoms with Crippen molar-refractivity contribution >= 4 is 11.3 Å². The summed E-state index contributed by atoms with van der Waals surface area (Å²) in [7, 11) is 0. The number of rotatable bonds is 6. The lowest BCUT2D eigenvalue weighted by molar-refractivity contribution is 0.135. The molecule has 0 aromatic carbocycles. The molecule has 0 spiro atoms. The van der Waals surface area contributed by atoms with Crippen LogP contribution in [0.4, 0.5) is 0 Å². The number of hydrogen-bond donors (Lipinski definition) is 1. The van der Waals surface area contributed by atoms with Crippen LogP contribution in [0, 0.1) is 17.8 Å². The van der Waals surface area contributed by atoms with Gasteiger partial charge in [0.1, 0.15) is 0 Å². The van der Waals surface area contributed by atoms with E-state index in [0.717, 1.165) is 37.4 Å². The Balaban J connectivity index is 1.80. The van der Waals surface area contributed by atoms with E-state index in [2.05, 4.69) is 50.0 Å². The zero-order valence-electron chi connectivity index (χ0n) is 13.5. The number of likely N-dealkylation sites (tertiary alicyclic amines) is 1. The highest BCUT2D eigenvalue weighted by Crippen LogP contribution is 2.25. The molecule has 2 unspecified atom stereocenters. The van der Waals surface area contributed by atoms with Gasteiger partial charge in [-0.15, -0.1) is 11.3 Å². The lowest BCUT2D eigenvalue weighted by Crippen LogP contribution is -2.37. The first-order chi connectivity index (χ1) is 9.52. The Morgan fingerprint density at radius 2 is 1.85 bits per heavy atom. The number of nitrogens with zero attached hydrogens (tertiary/aromatic N) is 1. The molecule has 1 N–H and O–H groups in total. The molecule has 0 aliphatic carbocycles. The molecule has 0 radical (unpaired) electrons. The van der Waals surface area contributed by atoms with E-state index in [1.807, 2.05) is 11.3 Å². The highest BCUT2D eigenvalue weighted by molar-refractivity contribution is 7.11. The van der Waals surface area contributed by atoms with Gasteiger partial charge < -0.3 is 5.32 Å². The summed E-state index contributed by atoms with van der Waals surface area (Å²) in [6.45, 7) is 15.1. The van der Waals surface area contributed by atoms with E-state index in [4.69, 9.17) is 0 Å². The molecule has 2 rings (SSSR count). The molecule has 0 bridgehead atoms. The van der Waals surface area contributed by atoms with Crippen molar-refractivity contribution in [3.8, 4) is 0 Å². The molecule has 0 saturated carbocycles. The predicted molar refractivity (Wildman–Crippen MR) is 89.1 cm³/mol. The van der Waals surface area contributed by atoms with E-state index < -0.39 is 0 Å². The summed E-state index contributed by atoms with van der Waals surface area (Å²) >= 11 is 1.98. The van der Waals surface area contributed by atoms with Crippen molar-refractivity contribution in [2.45, 2.75) is 47.2 Å². The van der Waals surface area contributed by atoms with Gasteiger partial charge in [-0.2, -0.15) is 0 Å². The van der Waals surface area contributed by atoms with Crippen LogP contribution in [-0.4, -0.2) is 24.5 Å². The molecule has 1 aliphatic heterocycles. The standard InChI is InChI=1S/C17H30N2S/c1-13(2)8-18-9-16-5-6-17(20-16)12-19-10-14(3)7-15(4)11-19/h5-6,13-15,18H,7-12H2,1-4H3. The van der Waals surface area contributed by atoms with Gasteiger partial charge in [-0.25, -0.2) is 0 Å². The first kappa shape index (κ1) is 16.0. The van der Waals surface area contributed by atoms with E-state index >= 15 is 0 Å². The third kappa shape index (κ3) is 5.19. The first-order valence-electron chi connectivity index (χ1n) is 8.03. The smallest absolute Gasteiger partial charge is 0.0328 e. The summed E-state index contributed by atoms with van der Waals surface area (Å²) in [6, 6.07) is 4.62. The quantitative estimate of drug-likeness (QED) is 0.854. The van der Waals surface area contributed by atoms with Crippen LogP contribution in [0.15, 0.2) is 12.1 Å². The molecular formula is C17H30N2S. The molecule has 1 saturated heterocycles. The van der Waals surface area contributed by atoms with Gasteiger partial charge in [0.25, 0.3) is 0 Å². The largest absolute Gasteiger partial charge is 0.312 e. The Kier molecular flexibility index (Phi) is 6.06. The van der Waals surface area contributed by atoms with Gasteiger partial charge in [-0.3, -0.25) is 4.90 Å². The Hall–Kier alpha value is -0.380. The SMILES string of the molecule is CC(C)CNCc1ccc(CN2CC(C)CC(C)C2)s1. The maximum atomic E-state index is 3.53. The highest BCUT2D eigenvalue weighted by Gasteiger charge is 2.21. The number of thiophene rings is 1. The fourth-order valence-electron chi connectivity index (χ4n) is 3.23. The molecule has 1 fully saturated rings. The minimum atomic E-state index is 0.728. The molecule has 0 amide bonds. The fraction of sp³-hybridized carbons (Fsp3) is 0.765. The highest BCUT2D eigenvalue weighted by atomic mass is 32.1. The van der Waals surface area contributed by atoms with Crippen LogP contribution in [0.5, 0.6) is 0 Å². The van der Waals surface area contributed by atoms with Gasteiger partial charge >= 0.3 is 0 Å². The van der Waals surface area contributed by atoms with Crippen molar-refractivity contribution < 1.29 is 0 Å². The molecule has 1 aromatic heterocycles. The Bertz CT molecular complexity index is 389. The van der Waals surface area contributed by atoms with E-state index in [-0.39, 0.29) is 0 Å². The molecule has 20 heavy (non-hydrogen) atoms. The van der Waals surface area contributed by atoms with Crippen molar-refractivity contribution in [2.24, 2.45) is 17.8 Å². The second-order valence-electron chi connectivity index (χ2n) is 7.03. The monoisotopic (exact) mass is 294 g/mol. The van der Waals surface area contributed by atoms with Crippen molar-refractivity contribution in [1.82, 2.24) is 10.2 Å². The minimum Gasteiger partial charge on any atom is -0.312 e. The van der Waals surface area contributed by atoms with Crippen LogP contribution in [0.1, 0.15) is 43.9 Å². The zero-order chi connectivity index (χ0) is 14.5. The minimum absolute atomic E-state index is 0.728. The maximum absolute atomic E-state index is 3.53. The average Bonchev–Trinajstić information content (AvgIpc) is 2.74. The van der Waals surface area contributed by atoms with Gasteiger partial charge in [-0.1, -0.05) is 27.7 Å². The number of hydrogen-bond acceptors (Lipinski definition) is 3. The Morgan fingerprint density at radius 1 is 1.20 bits per heavy atom. The Morgan fingerprint density at radius 3 is 2.50 bits per heavy atom. The molecule has 2 nitrogen and oxygen atoms in total. The molecule has 3 heteroatoms. The van der Waals surface area contributed by atoms with Gasteiger partial charge in [-0.05, 0) is 42.9 Å². The number of nitrogens with one attached hydrogen (secondary N) is 1. The molecule has 1 aromatic rings. The lowest BCUT2D eigenvalue weighted by atomic mass is 9.92. The van der Waals surface area contributed by atoms with Crippen molar-refractivity contribution in [3.63, 3.8) is 0 Å². The van der Waals surface area contributed by atoms with Crippen molar-refractivity contribution in [3.05, 3.63) is 21.9 Å². The predicted octanol–water partition coefficient (Wildman–Crippen LogP) is 3.97. The van der Waals surface area contributed by atoms with Crippen LogP contribution < -0.4 is 5.32 Å². The van der Waals surface area contributed by atoms with Gasteiger partial charge in [0, 0.05) is 35.9 Å². The average molecular weight is 295 g/mol. The molecule has 1 aliphatic rings. The van der Waals surface area contributed by atoms with E-state index in [0.29, 0.717) is 0 Å². The molecule has 114 valence electrons. The maximum Gasteiger partial charge on any atom is 0.0328 e. The normalized spacial score (nSPS) is 24.4. The van der Waals surface area contributed by atoms with Crippen LogP contribution in [0.2, 0.25) is 0 Å². The van der Waals surface area contributed by atoms with E-state index in [9.17, 15) is 0 Å². The topological polar surface area (TPSA) is 15.3 Å². The van der Waals surface area contributed by atoms with Gasteiger partial charge in [0.2, 0.25) is 0 Å². The fourth-order valence-corrected chi connectivity index (χ4v) is 4.26. The Labute approximate surface area is 128 Å². The lowest BCUT2D eigenvalue weighted by Gasteiger charge is -2.34. The summed E-state index contributed by atoms with van der Waals surface area (Å²) in [6.07, 6.45) is 1.39.